The third-order valence-electron chi connectivity index (χ3n) is 5.30. The highest BCUT2D eigenvalue weighted by Crippen LogP contribution is 2.16. The lowest BCUT2D eigenvalue weighted by Crippen LogP contribution is -2.39. The molecule has 1 aliphatic rings. The molecule has 0 spiro atoms. The third-order valence-corrected chi connectivity index (χ3v) is 5.30. The fraction of sp³-hybridized carbons (Fsp3) is 0.522. The van der Waals surface area contributed by atoms with Gasteiger partial charge in [0.2, 0.25) is 0 Å². The number of piperidine rings is 1. The fourth-order valence-electron chi connectivity index (χ4n) is 3.65. The molecular weight excluding hydrogens is 489 g/mol. The quantitative estimate of drug-likeness (QED) is 0.216. The van der Waals surface area contributed by atoms with Crippen LogP contribution in [0, 0.1) is 0 Å². The maximum absolute atomic E-state index is 6.10. The van der Waals surface area contributed by atoms with Crippen LogP contribution in [-0.4, -0.2) is 61.4 Å². The standard InChI is InChI=1S/C23H35N5O.HI/c1-24-23(26-13-18-27-14-5-6-15-27)25-12-7-19-29-22-10-16-28(17-11-22)20-21-8-3-2-4-9-21;/h2-6,8-9,14-15,22H,7,10-13,16-20H2,1H3,(H2,24,25,26);1H. The van der Waals surface area contributed by atoms with Crippen LogP contribution in [0.4, 0.5) is 0 Å². The van der Waals surface area contributed by atoms with E-state index in [0.29, 0.717) is 6.10 Å². The van der Waals surface area contributed by atoms with Crippen molar-refractivity contribution in [1.82, 2.24) is 20.1 Å². The van der Waals surface area contributed by atoms with Crippen molar-refractivity contribution in [2.24, 2.45) is 4.99 Å². The van der Waals surface area contributed by atoms with E-state index >= 15 is 0 Å². The van der Waals surface area contributed by atoms with Gasteiger partial charge in [-0.25, -0.2) is 0 Å². The summed E-state index contributed by atoms with van der Waals surface area (Å²) in [5, 5.41) is 6.71. The number of aromatic nitrogens is 1. The minimum absolute atomic E-state index is 0. The highest BCUT2D eigenvalue weighted by molar-refractivity contribution is 14.0. The minimum Gasteiger partial charge on any atom is -0.378 e. The van der Waals surface area contributed by atoms with Gasteiger partial charge in [0.15, 0.2) is 5.96 Å². The molecule has 0 aliphatic carbocycles. The Bertz CT molecular complexity index is 700. The Morgan fingerprint density at radius 1 is 1.03 bits per heavy atom. The molecule has 7 heteroatoms. The first-order valence-corrected chi connectivity index (χ1v) is 10.8. The summed E-state index contributed by atoms with van der Waals surface area (Å²) >= 11 is 0. The summed E-state index contributed by atoms with van der Waals surface area (Å²) in [5.41, 5.74) is 1.40. The molecule has 2 aromatic rings. The number of nitrogens with zero attached hydrogens (tertiary/aromatic N) is 3. The highest BCUT2D eigenvalue weighted by atomic mass is 127. The van der Waals surface area contributed by atoms with Gasteiger partial charge in [-0.05, 0) is 37.0 Å². The van der Waals surface area contributed by atoms with Gasteiger partial charge >= 0.3 is 0 Å². The van der Waals surface area contributed by atoms with Crippen molar-refractivity contribution < 1.29 is 4.74 Å². The summed E-state index contributed by atoms with van der Waals surface area (Å²) in [6.07, 6.45) is 7.79. The Kier molecular flexibility index (Phi) is 11.9. The minimum atomic E-state index is 0. The van der Waals surface area contributed by atoms with E-state index in [1.54, 1.807) is 0 Å². The maximum Gasteiger partial charge on any atom is 0.191 e. The zero-order valence-corrected chi connectivity index (χ0v) is 20.3. The van der Waals surface area contributed by atoms with Crippen LogP contribution in [0.2, 0.25) is 0 Å². The van der Waals surface area contributed by atoms with Crippen LogP contribution in [0.25, 0.3) is 0 Å². The van der Waals surface area contributed by atoms with Crippen molar-refractivity contribution in [3.05, 3.63) is 60.4 Å². The predicted octanol–water partition coefficient (Wildman–Crippen LogP) is 3.34. The molecule has 1 saturated heterocycles. The van der Waals surface area contributed by atoms with Gasteiger partial charge in [0.1, 0.15) is 0 Å². The van der Waals surface area contributed by atoms with Gasteiger partial charge < -0.3 is 19.9 Å². The molecule has 30 heavy (non-hydrogen) atoms. The number of ether oxygens (including phenoxy) is 1. The Morgan fingerprint density at radius 2 is 1.73 bits per heavy atom. The van der Waals surface area contributed by atoms with Crippen molar-refractivity contribution >= 4 is 29.9 Å². The number of likely N-dealkylation sites (tertiary alicyclic amines) is 1. The van der Waals surface area contributed by atoms with E-state index < -0.39 is 0 Å². The van der Waals surface area contributed by atoms with Crippen molar-refractivity contribution in [3.8, 4) is 0 Å². The lowest BCUT2D eigenvalue weighted by molar-refractivity contribution is 0.00534. The lowest BCUT2D eigenvalue weighted by Gasteiger charge is -2.32. The summed E-state index contributed by atoms with van der Waals surface area (Å²) in [6.45, 7) is 6.75. The zero-order valence-electron chi connectivity index (χ0n) is 18.0. The number of benzene rings is 1. The van der Waals surface area contributed by atoms with Gasteiger partial charge in [-0.15, -0.1) is 24.0 Å². The van der Waals surface area contributed by atoms with Crippen molar-refractivity contribution in [2.45, 2.75) is 38.5 Å². The highest BCUT2D eigenvalue weighted by Gasteiger charge is 2.19. The van der Waals surface area contributed by atoms with E-state index in [9.17, 15) is 0 Å². The van der Waals surface area contributed by atoms with Crippen LogP contribution in [-0.2, 0) is 17.8 Å². The van der Waals surface area contributed by atoms with Crippen LogP contribution in [0.1, 0.15) is 24.8 Å². The van der Waals surface area contributed by atoms with Gasteiger partial charge in [0, 0.05) is 65.3 Å². The number of aliphatic imine (C=N–C) groups is 1. The number of halogens is 1. The third kappa shape index (κ3) is 9.06. The molecule has 0 bridgehead atoms. The van der Waals surface area contributed by atoms with E-state index in [2.05, 4.69) is 67.8 Å². The summed E-state index contributed by atoms with van der Waals surface area (Å²) < 4.78 is 8.25. The second kappa shape index (κ2) is 14.4. The van der Waals surface area contributed by atoms with Crippen molar-refractivity contribution in [1.29, 1.82) is 0 Å². The van der Waals surface area contributed by atoms with E-state index in [0.717, 1.165) is 71.1 Å². The molecule has 0 unspecified atom stereocenters. The summed E-state index contributed by atoms with van der Waals surface area (Å²) in [5.74, 6) is 0.853. The van der Waals surface area contributed by atoms with Crippen LogP contribution < -0.4 is 10.6 Å². The van der Waals surface area contributed by atoms with E-state index in [1.165, 1.54) is 5.56 Å². The first-order chi connectivity index (χ1) is 14.3. The topological polar surface area (TPSA) is 53.8 Å². The molecule has 2 heterocycles. The molecular formula is C23H36IN5O. The Hall–Kier alpha value is -1.58. The van der Waals surface area contributed by atoms with Gasteiger partial charge in [-0.2, -0.15) is 0 Å². The van der Waals surface area contributed by atoms with Crippen LogP contribution >= 0.6 is 24.0 Å². The molecule has 0 atom stereocenters. The Labute approximate surface area is 198 Å². The fourth-order valence-corrected chi connectivity index (χ4v) is 3.65. The summed E-state index contributed by atoms with van der Waals surface area (Å²) in [7, 11) is 1.81. The van der Waals surface area contributed by atoms with Gasteiger partial charge in [0.05, 0.1) is 6.10 Å². The molecule has 0 amide bonds. The zero-order chi connectivity index (χ0) is 20.2. The lowest BCUT2D eigenvalue weighted by atomic mass is 10.1. The largest absolute Gasteiger partial charge is 0.378 e. The SMILES string of the molecule is CN=C(NCCCOC1CCN(Cc2ccccc2)CC1)NCCn1cccc1.I. The smallest absolute Gasteiger partial charge is 0.191 e. The molecule has 166 valence electrons. The second-order valence-corrected chi connectivity index (χ2v) is 7.53. The van der Waals surface area contributed by atoms with Crippen LogP contribution in [0.3, 0.4) is 0 Å². The van der Waals surface area contributed by atoms with E-state index in [-0.39, 0.29) is 24.0 Å². The van der Waals surface area contributed by atoms with Crippen molar-refractivity contribution in [3.63, 3.8) is 0 Å². The van der Waals surface area contributed by atoms with Gasteiger partial charge in [0.25, 0.3) is 0 Å². The molecule has 1 aliphatic heterocycles. The molecule has 1 aromatic heterocycles. The summed E-state index contributed by atoms with van der Waals surface area (Å²) in [4.78, 5) is 6.80. The van der Waals surface area contributed by atoms with E-state index in [4.69, 9.17) is 4.74 Å². The van der Waals surface area contributed by atoms with Crippen LogP contribution in [0.5, 0.6) is 0 Å². The van der Waals surface area contributed by atoms with Gasteiger partial charge in [-0.1, -0.05) is 30.3 Å². The number of rotatable bonds is 10. The molecule has 6 nitrogen and oxygen atoms in total. The monoisotopic (exact) mass is 525 g/mol. The Balaban J connectivity index is 0.00000320. The normalized spacial score (nSPS) is 15.6. The average Bonchev–Trinajstić information content (AvgIpc) is 3.28. The first-order valence-electron chi connectivity index (χ1n) is 10.8. The van der Waals surface area contributed by atoms with Crippen LogP contribution in [0.15, 0.2) is 59.9 Å². The number of hydrogen-bond donors (Lipinski definition) is 2. The molecule has 3 rings (SSSR count). The molecule has 1 fully saturated rings. The molecule has 2 N–H and O–H groups in total. The van der Waals surface area contributed by atoms with E-state index in [1.807, 2.05) is 19.2 Å². The number of guanidine groups is 1. The van der Waals surface area contributed by atoms with Crippen molar-refractivity contribution in [2.75, 3.05) is 39.8 Å². The first kappa shape index (κ1) is 24.7. The molecule has 0 saturated carbocycles. The molecule has 0 radical (unpaired) electrons. The predicted molar refractivity (Wildman–Crippen MR) is 135 cm³/mol. The maximum atomic E-state index is 6.10. The second-order valence-electron chi connectivity index (χ2n) is 7.53. The number of nitrogens with one attached hydrogen (secondary N) is 2. The molecule has 1 aromatic carbocycles. The average molecular weight is 525 g/mol. The van der Waals surface area contributed by atoms with Gasteiger partial charge in [-0.3, -0.25) is 9.89 Å². The summed E-state index contributed by atoms with van der Waals surface area (Å²) in [6, 6.07) is 14.8. The number of hydrogen-bond acceptors (Lipinski definition) is 3. The Morgan fingerprint density at radius 3 is 2.43 bits per heavy atom.